The Bertz CT molecular complexity index is 514. The minimum absolute atomic E-state index is 0.727. The third kappa shape index (κ3) is 2.11. The van der Waals surface area contributed by atoms with Crippen LogP contribution < -0.4 is 5.32 Å². The molecule has 17 heavy (non-hydrogen) atoms. The smallest absolute Gasteiger partial charge is 0.226 e. The predicted molar refractivity (Wildman–Crippen MR) is 66.7 cm³/mol. The Labute approximate surface area is 101 Å². The van der Waals surface area contributed by atoms with Gasteiger partial charge in [0, 0.05) is 5.56 Å². The van der Waals surface area contributed by atoms with Gasteiger partial charge in [0.05, 0.1) is 5.69 Å². The quantitative estimate of drug-likeness (QED) is 0.876. The van der Waals surface area contributed by atoms with Crippen molar-refractivity contribution in [2.24, 2.45) is 5.92 Å². The molecule has 0 saturated carbocycles. The van der Waals surface area contributed by atoms with Gasteiger partial charge in [0.2, 0.25) is 5.89 Å². The lowest BCUT2D eigenvalue weighted by Crippen LogP contribution is -2.43. The van der Waals surface area contributed by atoms with Crippen molar-refractivity contribution in [2.45, 2.75) is 13.3 Å². The van der Waals surface area contributed by atoms with E-state index in [0.717, 1.165) is 42.6 Å². The zero-order chi connectivity index (χ0) is 11.7. The van der Waals surface area contributed by atoms with Gasteiger partial charge in [-0.05, 0) is 44.0 Å². The third-order valence-corrected chi connectivity index (χ3v) is 3.29. The van der Waals surface area contributed by atoms with Crippen LogP contribution in [0, 0.1) is 12.8 Å². The molecule has 88 valence electrons. The Morgan fingerprint density at radius 2 is 2.18 bits per heavy atom. The van der Waals surface area contributed by atoms with Crippen LogP contribution >= 0.6 is 0 Å². The number of rotatable bonds is 3. The summed E-state index contributed by atoms with van der Waals surface area (Å²) in [7, 11) is 0. The van der Waals surface area contributed by atoms with Crippen molar-refractivity contribution in [1.29, 1.82) is 0 Å². The minimum atomic E-state index is 0.727. The summed E-state index contributed by atoms with van der Waals surface area (Å²) < 4.78 is 5.57. The monoisotopic (exact) mass is 228 g/mol. The van der Waals surface area contributed by atoms with Crippen molar-refractivity contribution in [2.75, 3.05) is 13.1 Å². The second kappa shape index (κ2) is 4.34. The molecule has 0 atom stereocenters. The minimum Gasteiger partial charge on any atom is -0.444 e. The van der Waals surface area contributed by atoms with Crippen LogP contribution in [0.1, 0.15) is 11.3 Å². The number of aromatic nitrogens is 1. The molecular weight excluding hydrogens is 212 g/mol. The SMILES string of the molecule is Cc1ccccc1-c1nc(CC2CNC2)co1. The molecule has 0 unspecified atom stereocenters. The Kier molecular flexibility index (Phi) is 2.69. The molecule has 1 aliphatic heterocycles. The van der Waals surface area contributed by atoms with Gasteiger partial charge < -0.3 is 9.73 Å². The van der Waals surface area contributed by atoms with E-state index in [-0.39, 0.29) is 0 Å². The highest BCUT2D eigenvalue weighted by Crippen LogP contribution is 2.23. The highest BCUT2D eigenvalue weighted by atomic mass is 16.3. The second-order valence-corrected chi connectivity index (χ2v) is 4.69. The molecule has 3 heteroatoms. The number of hydrogen-bond acceptors (Lipinski definition) is 3. The van der Waals surface area contributed by atoms with E-state index in [2.05, 4.69) is 29.4 Å². The molecule has 1 aromatic heterocycles. The van der Waals surface area contributed by atoms with E-state index in [4.69, 9.17) is 4.42 Å². The number of benzene rings is 1. The van der Waals surface area contributed by atoms with E-state index in [0.29, 0.717) is 0 Å². The van der Waals surface area contributed by atoms with Crippen molar-refractivity contribution < 1.29 is 4.42 Å². The second-order valence-electron chi connectivity index (χ2n) is 4.69. The molecule has 3 nitrogen and oxygen atoms in total. The van der Waals surface area contributed by atoms with E-state index in [1.807, 2.05) is 12.1 Å². The summed E-state index contributed by atoms with van der Waals surface area (Å²) in [5, 5.41) is 3.27. The number of oxazole rings is 1. The number of aryl methyl sites for hydroxylation is 1. The summed E-state index contributed by atoms with van der Waals surface area (Å²) in [5.74, 6) is 1.47. The maximum Gasteiger partial charge on any atom is 0.226 e. The molecule has 0 amide bonds. The van der Waals surface area contributed by atoms with Gasteiger partial charge in [-0.3, -0.25) is 0 Å². The molecule has 2 aromatic rings. The van der Waals surface area contributed by atoms with Crippen LogP contribution in [-0.4, -0.2) is 18.1 Å². The third-order valence-electron chi connectivity index (χ3n) is 3.29. The summed E-state index contributed by atoms with van der Waals surface area (Å²) >= 11 is 0. The van der Waals surface area contributed by atoms with Crippen molar-refractivity contribution in [3.8, 4) is 11.5 Å². The lowest BCUT2D eigenvalue weighted by atomic mass is 9.98. The molecule has 1 aromatic carbocycles. The van der Waals surface area contributed by atoms with Gasteiger partial charge in [0.15, 0.2) is 0 Å². The lowest BCUT2D eigenvalue weighted by molar-refractivity contribution is 0.344. The largest absolute Gasteiger partial charge is 0.444 e. The maximum absolute atomic E-state index is 5.57. The molecule has 0 aliphatic carbocycles. The van der Waals surface area contributed by atoms with Crippen molar-refractivity contribution in [1.82, 2.24) is 10.3 Å². The molecular formula is C14H16N2O. The van der Waals surface area contributed by atoms with E-state index >= 15 is 0 Å². The van der Waals surface area contributed by atoms with Crippen LogP contribution in [0.3, 0.4) is 0 Å². The van der Waals surface area contributed by atoms with E-state index in [1.165, 1.54) is 5.56 Å². The van der Waals surface area contributed by atoms with Crippen molar-refractivity contribution in [3.05, 3.63) is 41.8 Å². The fourth-order valence-corrected chi connectivity index (χ4v) is 2.13. The van der Waals surface area contributed by atoms with Crippen LogP contribution in [0.25, 0.3) is 11.5 Å². The lowest BCUT2D eigenvalue weighted by Gasteiger charge is -2.25. The first-order valence-corrected chi connectivity index (χ1v) is 6.04. The van der Waals surface area contributed by atoms with Gasteiger partial charge in [0.25, 0.3) is 0 Å². The van der Waals surface area contributed by atoms with Crippen LogP contribution in [0.4, 0.5) is 0 Å². The van der Waals surface area contributed by atoms with Gasteiger partial charge in [-0.25, -0.2) is 4.98 Å². The molecule has 3 rings (SSSR count). The van der Waals surface area contributed by atoms with Crippen molar-refractivity contribution >= 4 is 0 Å². The van der Waals surface area contributed by atoms with Gasteiger partial charge >= 0.3 is 0 Å². The Morgan fingerprint density at radius 1 is 1.35 bits per heavy atom. The highest BCUT2D eigenvalue weighted by molar-refractivity contribution is 5.58. The standard InChI is InChI=1S/C14H16N2O/c1-10-4-2-3-5-13(10)14-16-12(9-17-14)6-11-7-15-8-11/h2-5,9,11,15H,6-8H2,1H3. The first-order valence-electron chi connectivity index (χ1n) is 6.04. The van der Waals surface area contributed by atoms with Gasteiger partial charge in [-0.15, -0.1) is 0 Å². The first-order chi connectivity index (χ1) is 8.33. The fourth-order valence-electron chi connectivity index (χ4n) is 2.13. The van der Waals surface area contributed by atoms with Crippen LogP contribution in [0.15, 0.2) is 34.9 Å². The molecule has 0 bridgehead atoms. The molecule has 0 spiro atoms. The number of nitrogens with zero attached hydrogens (tertiary/aromatic N) is 1. The predicted octanol–water partition coefficient (Wildman–Crippen LogP) is 2.41. The summed E-state index contributed by atoms with van der Waals surface area (Å²) in [6.07, 6.45) is 2.81. The van der Waals surface area contributed by atoms with E-state index in [1.54, 1.807) is 6.26 Å². The Morgan fingerprint density at radius 3 is 2.88 bits per heavy atom. The molecule has 1 N–H and O–H groups in total. The normalized spacial score (nSPS) is 15.8. The topological polar surface area (TPSA) is 38.1 Å². The van der Waals surface area contributed by atoms with Gasteiger partial charge in [0.1, 0.15) is 6.26 Å². The summed E-state index contributed by atoms with van der Waals surface area (Å²) in [5.41, 5.74) is 3.35. The fraction of sp³-hybridized carbons (Fsp3) is 0.357. The van der Waals surface area contributed by atoms with Crippen molar-refractivity contribution in [3.63, 3.8) is 0 Å². The Hall–Kier alpha value is -1.61. The van der Waals surface area contributed by atoms with Gasteiger partial charge in [-0.1, -0.05) is 18.2 Å². The molecule has 0 radical (unpaired) electrons. The van der Waals surface area contributed by atoms with E-state index < -0.39 is 0 Å². The van der Waals surface area contributed by atoms with E-state index in [9.17, 15) is 0 Å². The summed E-state index contributed by atoms with van der Waals surface area (Å²) in [6.45, 7) is 4.29. The summed E-state index contributed by atoms with van der Waals surface area (Å²) in [6, 6.07) is 8.18. The molecule has 1 aliphatic rings. The Balaban J connectivity index is 1.82. The highest BCUT2D eigenvalue weighted by Gasteiger charge is 2.19. The molecule has 1 fully saturated rings. The first kappa shape index (κ1) is 10.5. The number of hydrogen-bond donors (Lipinski definition) is 1. The zero-order valence-electron chi connectivity index (χ0n) is 9.94. The van der Waals surface area contributed by atoms with Gasteiger partial charge in [-0.2, -0.15) is 0 Å². The zero-order valence-corrected chi connectivity index (χ0v) is 9.94. The van der Waals surface area contributed by atoms with Crippen LogP contribution in [0.2, 0.25) is 0 Å². The average molecular weight is 228 g/mol. The number of nitrogens with one attached hydrogen (secondary N) is 1. The average Bonchev–Trinajstić information content (AvgIpc) is 2.73. The molecule has 2 heterocycles. The maximum atomic E-state index is 5.57. The van der Waals surface area contributed by atoms with Crippen LogP contribution in [-0.2, 0) is 6.42 Å². The van der Waals surface area contributed by atoms with Crippen LogP contribution in [0.5, 0.6) is 0 Å². The summed E-state index contributed by atoms with van der Waals surface area (Å²) in [4.78, 5) is 4.57. The molecule has 1 saturated heterocycles.